The van der Waals surface area contributed by atoms with Crippen molar-refractivity contribution in [2.45, 2.75) is 69.5 Å². The van der Waals surface area contributed by atoms with Crippen LogP contribution in [0.5, 0.6) is 0 Å². The van der Waals surface area contributed by atoms with Crippen LogP contribution < -0.4 is 9.62 Å². The van der Waals surface area contributed by atoms with Crippen LogP contribution in [0.4, 0.5) is 5.69 Å². The lowest BCUT2D eigenvalue weighted by Gasteiger charge is -2.33. The molecule has 0 bridgehead atoms. The lowest BCUT2D eigenvalue weighted by Crippen LogP contribution is -2.53. The number of amides is 2. The molecule has 1 atom stereocenters. The van der Waals surface area contributed by atoms with Crippen LogP contribution in [0.25, 0.3) is 0 Å². The molecular formula is C31H35BrClN3O4S. The minimum Gasteiger partial charge on any atom is -0.352 e. The number of sulfonamides is 1. The maximum absolute atomic E-state index is 14.1. The quantitative estimate of drug-likeness (QED) is 0.270. The van der Waals surface area contributed by atoms with E-state index in [-0.39, 0.29) is 23.4 Å². The summed E-state index contributed by atoms with van der Waals surface area (Å²) in [6.45, 7) is 3.15. The molecule has 1 aliphatic carbocycles. The van der Waals surface area contributed by atoms with Crippen molar-refractivity contribution in [2.75, 3.05) is 10.8 Å². The molecule has 1 saturated carbocycles. The SMILES string of the molecule is Cc1ccc(S(=O)(=O)N(CC(=O)N(Cc2cccc(Cl)c2)[C@H](C)C(=O)NC2CCCCC2)c2cccc(Br)c2)cc1. The van der Waals surface area contributed by atoms with Gasteiger partial charge in [0.25, 0.3) is 10.0 Å². The fraction of sp³-hybridized carbons (Fsp3) is 0.355. The van der Waals surface area contributed by atoms with Crippen molar-refractivity contribution in [3.05, 3.63) is 93.4 Å². The van der Waals surface area contributed by atoms with Crippen LogP contribution in [-0.2, 0) is 26.2 Å². The molecule has 41 heavy (non-hydrogen) atoms. The molecule has 4 rings (SSSR count). The van der Waals surface area contributed by atoms with Crippen molar-refractivity contribution in [1.29, 1.82) is 0 Å². The number of carbonyl (C=O) groups excluding carboxylic acids is 2. The molecule has 0 spiro atoms. The second-order valence-corrected chi connectivity index (χ2v) is 13.7. The standard InChI is InChI=1S/C31H35BrClN3O4S/c1-22-14-16-29(17-15-22)41(39,40)36(28-13-7-9-25(32)19-28)21-30(37)35(20-24-8-6-10-26(33)18-24)23(2)31(38)34-27-11-4-3-5-12-27/h6-10,13-19,23,27H,3-5,11-12,20-21H2,1-2H3,(H,34,38)/t23-/m1/s1. The smallest absolute Gasteiger partial charge is 0.264 e. The first kappa shape index (κ1) is 31.1. The molecule has 10 heteroatoms. The first-order valence-corrected chi connectivity index (χ1v) is 16.3. The third-order valence-corrected chi connectivity index (χ3v) is 9.86. The third kappa shape index (κ3) is 8.11. The van der Waals surface area contributed by atoms with E-state index >= 15 is 0 Å². The molecule has 2 amide bonds. The van der Waals surface area contributed by atoms with E-state index in [0.29, 0.717) is 15.2 Å². The maximum atomic E-state index is 14.1. The number of benzene rings is 3. The lowest BCUT2D eigenvalue weighted by atomic mass is 9.95. The van der Waals surface area contributed by atoms with Crippen LogP contribution in [0.3, 0.4) is 0 Å². The number of hydrogen-bond donors (Lipinski definition) is 1. The van der Waals surface area contributed by atoms with Crippen molar-refractivity contribution >= 4 is 55.1 Å². The summed E-state index contributed by atoms with van der Waals surface area (Å²) in [6, 6.07) is 19.6. The molecule has 7 nitrogen and oxygen atoms in total. The van der Waals surface area contributed by atoms with E-state index in [1.807, 2.05) is 13.0 Å². The van der Waals surface area contributed by atoms with Crippen LogP contribution in [-0.4, -0.2) is 43.8 Å². The lowest BCUT2D eigenvalue weighted by molar-refractivity contribution is -0.139. The minimum atomic E-state index is -4.12. The van der Waals surface area contributed by atoms with E-state index in [4.69, 9.17) is 11.6 Å². The Morgan fingerprint density at radius 1 is 1.00 bits per heavy atom. The zero-order valence-corrected chi connectivity index (χ0v) is 26.4. The maximum Gasteiger partial charge on any atom is 0.264 e. The minimum absolute atomic E-state index is 0.0698. The normalized spacial score (nSPS) is 14.7. The van der Waals surface area contributed by atoms with Crippen molar-refractivity contribution in [3.8, 4) is 0 Å². The number of carbonyl (C=O) groups is 2. The van der Waals surface area contributed by atoms with Gasteiger partial charge in [0.15, 0.2) is 0 Å². The van der Waals surface area contributed by atoms with Gasteiger partial charge in [0.2, 0.25) is 11.8 Å². The molecule has 1 N–H and O–H groups in total. The number of rotatable bonds is 10. The van der Waals surface area contributed by atoms with Gasteiger partial charge in [-0.3, -0.25) is 13.9 Å². The number of halogens is 2. The Morgan fingerprint density at radius 3 is 2.34 bits per heavy atom. The summed E-state index contributed by atoms with van der Waals surface area (Å²) in [5.74, 6) is -0.769. The highest BCUT2D eigenvalue weighted by molar-refractivity contribution is 9.10. The van der Waals surface area contributed by atoms with E-state index in [9.17, 15) is 18.0 Å². The van der Waals surface area contributed by atoms with Gasteiger partial charge in [-0.05, 0) is 74.7 Å². The van der Waals surface area contributed by atoms with Gasteiger partial charge in [-0.25, -0.2) is 8.42 Å². The molecule has 0 radical (unpaired) electrons. The Labute approximate surface area is 256 Å². The highest BCUT2D eigenvalue weighted by Crippen LogP contribution is 2.27. The van der Waals surface area contributed by atoms with Crippen molar-refractivity contribution in [1.82, 2.24) is 10.2 Å². The Morgan fingerprint density at radius 2 is 1.68 bits per heavy atom. The van der Waals surface area contributed by atoms with E-state index in [1.54, 1.807) is 61.5 Å². The number of nitrogens with one attached hydrogen (secondary N) is 1. The van der Waals surface area contributed by atoms with Gasteiger partial charge in [-0.15, -0.1) is 0 Å². The number of anilines is 1. The summed E-state index contributed by atoms with van der Waals surface area (Å²) in [5, 5.41) is 3.61. The van der Waals surface area contributed by atoms with Gasteiger partial charge < -0.3 is 10.2 Å². The summed E-state index contributed by atoms with van der Waals surface area (Å²) >= 11 is 9.64. The van der Waals surface area contributed by atoms with Gasteiger partial charge in [-0.2, -0.15) is 0 Å². The van der Waals surface area contributed by atoms with Crippen LogP contribution in [0.15, 0.2) is 82.2 Å². The fourth-order valence-electron chi connectivity index (χ4n) is 4.98. The Balaban J connectivity index is 1.68. The van der Waals surface area contributed by atoms with Gasteiger partial charge >= 0.3 is 0 Å². The summed E-state index contributed by atoms with van der Waals surface area (Å²) in [5.41, 5.74) is 1.98. The summed E-state index contributed by atoms with van der Waals surface area (Å²) in [7, 11) is -4.12. The predicted molar refractivity (Wildman–Crippen MR) is 166 cm³/mol. The van der Waals surface area contributed by atoms with Crippen LogP contribution in [0.1, 0.15) is 50.2 Å². The molecule has 0 heterocycles. The van der Waals surface area contributed by atoms with Crippen LogP contribution >= 0.6 is 27.5 Å². The molecular weight excluding hydrogens is 626 g/mol. The monoisotopic (exact) mass is 659 g/mol. The zero-order chi connectivity index (χ0) is 29.6. The summed E-state index contributed by atoms with van der Waals surface area (Å²) in [6.07, 6.45) is 5.09. The van der Waals surface area contributed by atoms with Gasteiger partial charge in [0.05, 0.1) is 10.6 Å². The van der Waals surface area contributed by atoms with Crippen molar-refractivity contribution in [2.24, 2.45) is 0 Å². The molecule has 3 aromatic rings. The fourth-order valence-corrected chi connectivity index (χ4v) is 6.99. The average Bonchev–Trinajstić information content (AvgIpc) is 2.95. The van der Waals surface area contributed by atoms with Crippen molar-refractivity contribution in [3.63, 3.8) is 0 Å². The first-order valence-electron chi connectivity index (χ1n) is 13.7. The molecule has 3 aromatic carbocycles. The van der Waals surface area contributed by atoms with E-state index in [1.165, 1.54) is 17.0 Å². The van der Waals surface area contributed by atoms with Gasteiger partial charge in [0, 0.05) is 22.1 Å². The number of hydrogen-bond acceptors (Lipinski definition) is 4. The molecule has 0 aliphatic heterocycles. The number of nitrogens with zero attached hydrogens (tertiary/aromatic N) is 2. The largest absolute Gasteiger partial charge is 0.352 e. The van der Waals surface area contributed by atoms with Crippen LogP contribution in [0, 0.1) is 6.92 Å². The average molecular weight is 661 g/mol. The van der Waals surface area contributed by atoms with E-state index in [0.717, 1.165) is 47.5 Å². The molecule has 0 unspecified atom stereocenters. The zero-order valence-electron chi connectivity index (χ0n) is 23.2. The number of aryl methyl sites for hydroxylation is 1. The highest BCUT2D eigenvalue weighted by Gasteiger charge is 2.33. The van der Waals surface area contributed by atoms with Gasteiger partial charge in [-0.1, -0.05) is 82.7 Å². The van der Waals surface area contributed by atoms with E-state index in [2.05, 4.69) is 21.2 Å². The van der Waals surface area contributed by atoms with E-state index < -0.39 is 28.5 Å². The second-order valence-electron chi connectivity index (χ2n) is 10.5. The molecule has 1 aliphatic rings. The molecule has 0 saturated heterocycles. The topological polar surface area (TPSA) is 86.8 Å². The Kier molecular flexibility index (Phi) is 10.5. The van der Waals surface area contributed by atoms with Crippen molar-refractivity contribution < 1.29 is 18.0 Å². The molecule has 1 fully saturated rings. The second kappa shape index (κ2) is 13.9. The predicted octanol–water partition coefficient (Wildman–Crippen LogP) is 6.47. The highest BCUT2D eigenvalue weighted by atomic mass is 79.9. The first-order chi connectivity index (χ1) is 19.5. The van der Waals surface area contributed by atoms with Gasteiger partial charge in [0.1, 0.15) is 12.6 Å². The Hall–Kier alpha value is -2.88. The molecule has 218 valence electrons. The molecule has 0 aromatic heterocycles. The summed E-state index contributed by atoms with van der Waals surface area (Å²) in [4.78, 5) is 29.0. The Bertz CT molecular complexity index is 1480. The summed E-state index contributed by atoms with van der Waals surface area (Å²) < 4.78 is 29.6. The third-order valence-electron chi connectivity index (χ3n) is 7.34. The van der Waals surface area contributed by atoms with Crippen LogP contribution in [0.2, 0.25) is 5.02 Å².